The number of hydrogen-bond acceptors (Lipinski definition) is 2. The van der Waals surface area contributed by atoms with Crippen molar-refractivity contribution in [2.24, 2.45) is 0 Å². The van der Waals surface area contributed by atoms with Gasteiger partial charge in [-0.3, -0.25) is 4.79 Å². The summed E-state index contributed by atoms with van der Waals surface area (Å²) in [5, 5.41) is 3.07. The average molecular weight is 218 g/mol. The lowest BCUT2D eigenvalue weighted by molar-refractivity contribution is -0.122. The summed E-state index contributed by atoms with van der Waals surface area (Å²) < 4.78 is 0. The molecule has 3 N–H and O–H groups in total. The molecule has 1 aromatic carbocycles. The molecule has 0 spiro atoms. The number of carbonyl (C=O) groups is 1. The lowest BCUT2D eigenvalue weighted by Crippen LogP contribution is -2.29. The maximum atomic E-state index is 11.6. The number of rotatable bonds is 1. The summed E-state index contributed by atoms with van der Waals surface area (Å²) in [7, 11) is 0. The molecular weight excluding hydrogens is 200 g/mol. The van der Waals surface area contributed by atoms with Crippen LogP contribution in [0.5, 0.6) is 0 Å². The Morgan fingerprint density at radius 1 is 1.12 bits per heavy atom. The van der Waals surface area contributed by atoms with E-state index in [-0.39, 0.29) is 11.9 Å². The van der Waals surface area contributed by atoms with Crippen molar-refractivity contribution in [2.45, 2.75) is 38.1 Å². The van der Waals surface area contributed by atoms with E-state index in [9.17, 15) is 4.79 Å². The van der Waals surface area contributed by atoms with Gasteiger partial charge < -0.3 is 11.1 Å². The molecular formula is C13H18N2O. The van der Waals surface area contributed by atoms with Gasteiger partial charge in [-0.2, -0.15) is 0 Å². The summed E-state index contributed by atoms with van der Waals surface area (Å²) in [6.45, 7) is 0. The molecule has 1 aliphatic heterocycles. The van der Waals surface area contributed by atoms with Gasteiger partial charge >= 0.3 is 0 Å². The number of hydrogen-bond donors (Lipinski definition) is 2. The minimum Gasteiger partial charge on any atom is -0.399 e. The molecule has 1 amide bonds. The SMILES string of the molecule is Nc1ccc(C2CCCCCC(=O)N2)cc1. The van der Waals surface area contributed by atoms with E-state index in [1.807, 2.05) is 24.3 Å². The number of anilines is 1. The molecule has 1 unspecified atom stereocenters. The lowest BCUT2D eigenvalue weighted by Gasteiger charge is -2.21. The first-order chi connectivity index (χ1) is 7.75. The first kappa shape index (κ1) is 11.0. The molecule has 1 fully saturated rings. The van der Waals surface area contributed by atoms with Gasteiger partial charge in [-0.25, -0.2) is 0 Å². The lowest BCUT2D eigenvalue weighted by atomic mass is 9.97. The molecule has 0 aliphatic carbocycles. The number of amides is 1. The largest absolute Gasteiger partial charge is 0.399 e. The normalized spacial score (nSPS) is 22.0. The van der Waals surface area contributed by atoms with Gasteiger partial charge in [0.15, 0.2) is 0 Å². The van der Waals surface area contributed by atoms with E-state index in [1.54, 1.807) is 0 Å². The zero-order valence-corrected chi connectivity index (χ0v) is 9.41. The molecule has 1 aromatic rings. The van der Waals surface area contributed by atoms with Crippen molar-refractivity contribution in [1.29, 1.82) is 0 Å². The van der Waals surface area contributed by atoms with Gasteiger partial charge in [0.1, 0.15) is 0 Å². The topological polar surface area (TPSA) is 55.1 Å². The molecule has 3 nitrogen and oxygen atoms in total. The summed E-state index contributed by atoms with van der Waals surface area (Å²) in [4.78, 5) is 11.6. The fraction of sp³-hybridized carbons (Fsp3) is 0.462. The van der Waals surface area contributed by atoms with Crippen molar-refractivity contribution < 1.29 is 4.79 Å². The van der Waals surface area contributed by atoms with Crippen molar-refractivity contribution in [3.8, 4) is 0 Å². The molecule has 0 radical (unpaired) electrons. The van der Waals surface area contributed by atoms with Crippen LogP contribution in [0.4, 0.5) is 5.69 Å². The Labute approximate surface area is 96.0 Å². The quantitative estimate of drug-likeness (QED) is 0.711. The highest BCUT2D eigenvalue weighted by Gasteiger charge is 2.16. The number of carbonyl (C=O) groups excluding carboxylic acids is 1. The summed E-state index contributed by atoms with van der Waals surface area (Å²) in [6, 6.07) is 7.94. The zero-order chi connectivity index (χ0) is 11.4. The van der Waals surface area contributed by atoms with Crippen molar-refractivity contribution in [1.82, 2.24) is 5.32 Å². The van der Waals surface area contributed by atoms with E-state index in [0.29, 0.717) is 6.42 Å². The van der Waals surface area contributed by atoms with Gasteiger partial charge in [-0.05, 0) is 30.5 Å². The summed E-state index contributed by atoms with van der Waals surface area (Å²) in [6.07, 6.45) is 5.02. The van der Waals surface area contributed by atoms with Gasteiger partial charge in [-0.15, -0.1) is 0 Å². The molecule has 16 heavy (non-hydrogen) atoms. The molecule has 3 heteroatoms. The first-order valence-corrected chi connectivity index (χ1v) is 5.90. The van der Waals surface area contributed by atoms with Crippen LogP contribution in [0.1, 0.15) is 43.7 Å². The van der Waals surface area contributed by atoms with E-state index in [4.69, 9.17) is 5.73 Å². The zero-order valence-electron chi connectivity index (χ0n) is 9.41. The maximum absolute atomic E-state index is 11.6. The van der Waals surface area contributed by atoms with Gasteiger partial charge in [0.25, 0.3) is 0 Å². The van der Waals surface area contributed by atoms with Crippen molar-refractivity contribution >= 4 is 11.6 Å². The molecule has 0 aromatic heterocycles. The second kappa shape index (κ2) is 5.01. The molecule has 0 bridgehead atoms. The third-order valence-electron chi connectivity index (χ3n) is 3.07. The van der Waals surface area contributed by atoms with Crippen molar-refractivity contribution in [2.75, 3.05) is 5.73 Å². The number of benzene rings is 1. The molecule has 1 atom stereocenters. The Bertz CT molecular complexity index is 359. The third kappa shape index (κ3) is 2.75. The van der Waals surface area contributed by atoms with Crippen LogP contribution in [0.2, 0.25) is 0 Å². The Morgan fingerprint density at radius 2 is 1.88 bits per heavy atom. The van der Waals surface area contributed by atoms with Crippen LogP contribution in [-0.4, -0.2) is 5.91 Å². The number of nitrogens with one attached hydrogen (secondary N) is 1. The summed E-state index contributed by atoms with van der Waals surface area (Å²) in [5.74, 6) is 0.168. The van der Waals surface area contributed by atoms with Crippen LogP contribution in [0.15, 0.2) is 24.3 Å². The van der Waals surface area contributed by atoms with Crippen LogP contribution in [0, 0.1) is 0 Å². The van der Waals surface area contributed by atoms with Gasteiger partial charge in [-0.1, -0.05) is 25.0 Å². The molecule has 1 heterocycles. The second-order valence-corrected chi connectivity index (χ2v) is 4.39. The highest BCUT2D eigenvalue weighted by molar-refractivity contribution is 5.76. The first-order valence-electron chi connectivity index (χ1n) is 5.90. The van der Waals surface area contributed by atoms with Crippen LogP contribution >= 0.6 is 0 Å². The second-order valence-electron chi connectivity index (χ2n) is 4.39. The predicted molar refractivity (Wildman–Crippen MR) is 64.8 cm³/mol. The Balaban J connectivity index is 2.11. The minimum absolute atomic E-state index is 0.161. The predicted octanol–water partition coefficient (Wildman–Crippen LogP) is 2.39. The fourth-order valence-corrected chi connectivity index (χ4v) is 2.13. The molecule has 0 saturated carbocycles. The highest BCUT2D eigenvalue weighted by atomic mass is 16.1. The number of nitrogen functional groups attached to an aromatic ring is 1. The molecule has 1 aliphatic rings. The van der Waals surface area contributed by atoms with Crippen molar-refractivity contribution in [3.05, 3.63) is 29.8 Å². The standard InChI is InChI=1S/C13H18N2O/c14-11-8-6-10(7-9-11)12-4-2-1-3-5-13(16)15-12/h6-9,12H,1-5,14H2,(H,15,16). The third-order valence-corrected chi connectivity index (χ3v) is 3.07. The van der Waals surface area contributed by atoms with E-state index < -0.39 is 0 Å². The maximum Gasteiger partial charge on any atom is 0.220 e. The number of nitrogens with two attached hydrogens (primary N) is 1. The molecule has 86 valence electrons. The molecule has 2 rings (SSSR count). The van der Waals surface area contributed by atoms with E-state index >= 15 is 0 Å². The Kier molecular flexibility index (Phi) is 3.44. The van der Waals surface area contributed by atoms with E-state index in [0.717, 1.165) is 30.5 Å². The average Bonchev–Trinajstić information content (AvgIpc) is 2.24. The fourth-order valence-electron chi connectivity index (χ4n) is 2.13. The Morgan fingerprint density at radius 3 is 2.62 bits per heavy atom. The van der Waals surface area contributed by atoms with Gasteiger partial charge in [0.2, 0.25) is 5.91 Å². The summed E-state index contributed by atoms with van der Waals surface area (Å²) in [5.41, 5.74) is 7.57. The van der Waals surface area contributed by atoms with Crippen LogP contribution in [0.3, 0.4) is 0 Å². The van der Waals surface area contributed by atoms with Crippen LogP contribution < -0.4 is 11.1 Å². The summed E-state index contributed by atoms with van der Waals surface area (Å²) >= 11 is 0. The monoisotopic (exact) mass is 218 g/mol. The van der Waals surface area contributed by atoms with Crippen LogP contribution in [-0.2, 0) is 4.79 Å². The Hall–Kier alpha value is -1.51. The van der Waals surface area contributed by atoms with Crippen molar-refractivity contribution in [3.63, 3.8) is 0 Å². The van der Waals surface area contributed by atoms with Crippen LogP contribution in [0.25, 0.3) is 0 Å². The smallest absolute Gasteiger partial charge is 0.220 e. The van der Waals surface area contributed by atoms with E-state index in [1.165, 1.54) is 6.42 Å². The van der Waals surface area contributed by atoms with Gasteiger partial charge in [0, 0.05) is 12.1 Å². The molecule has 1 saturated heterocycles. The van der Waals surface area contributed by atoms with Gasteiger partial charge in [0.05, 0.1) is 6.04 Å². The van der Waals surface area contributed by atoms with E-state index in [2.05, 4.69) is 5.32 Å². The minimum atomic E-state index is 0.161. The highest BCUT2D eigenvalue weighted by Crippen LogP contribution is 2.23.